The second kappa shape index (κ2) is 6.51. The van der Waals surface area contributed by atoms with E-state index in [0.29, 0.717) is 17.1 Å². The zero-order valence-corrected chi connectivity index (χ0v) is 16.3. The molecule has 0 saturated heterocycles. The summed E-state index contributed by atoms with van der Waals surface area (Å²) < 4.78 is 35.6. The van der Waals surface area contributed by atoms with Crippen molar-refractivity contribution in [1.82, 2.24) is 9.29 Å². The van der Waals surface area contributed by atoms with E-state index in [0.717, 1.165) is 24.8 Å². The molecule has 0 radical (unpaired) electrons. The van der Waals surface area contributed by atoms with Crippen LogP contribution in [0.15, 0.2) is 56.6 Å². The van der Waals surface area contributed by atoms with Crippen LogP contribution in [0.4, 0.5) is 0 Å². The number of fused-ring (bicyclic) bond motifs is 1. The fraction of sp³-hybridized carbons (Fsp3) is 0.316. The zero-order valence-electron chi connectivity index (χ0n) is 14.7. The molecule has 3 aromatic rings. The van der Waals surface area contributed by atoms with Crippen LogP contribution in [0.1, 0.15) is 31.7 Å². The summed E-state index contributed by atoms with van der Waals surface area (Å²) in [5.41, 5.74) is 1.11. The molecule has 2 aromatic carbocycles. The van der Waals surface area contributed by atoms with Gasteiger partial charge in [0.15, 0.2) is 5.58 Å². The van der Waals surface area contributed by atoms with Gasteiger partial charge in [-0.05, 0) is 56.0 Å². The Labute approximate surface area is 161 Å². The van der Waals surface area contributed by atoms with Crippen molar-refractivity contribution in [2.24, 2.45) is 0 Å². The Morgan fingerprint density at radius 2 is 1.89 bits per heavy atom. The van der Waals surface area contributed by atoms with E-state index < -0.39 is 21.3 Å². The molecule has 0 bridgehead atoms. The number of halogens is 1. The van der Waals surface area contributed by atoms with E-state index in [1.165, 1.54) is 16.7 Å². The smallest absolute Gasteiger partial charge is 0.408 e. The highest BCUT2D eigenvalue weighted by Gasteiger charge is 2.42. The first kappa shape index (κ1) is 18.3. The van der Waals surface area contributed by atoms with Gasteiger partial charge in [-0.3, -0.25) is 4.57 Å². The van der Waals surface area contributed by atoms with Crippen LogP contribution < -0.4 is 10.5 Å². The van der Waals surface area contributed by atoms with Gasteiger partial charge < -0.3 is 4.42 Å². The first-order valence-electron chi connectivity index (χ1n) is 8.78. The Hall–Kier alpha value is -2.09. The lowest BCUT2D eigenvalue weighted by molar-refractivity contribution is 0.224. The number of hydrogen-bond donors (Lipinski definition) is 1. The lowest BCUT2D eigenvalue weighted by Gasteiger charge is -2.42. The number of oxazole rings is 1. The Kier molecular flexibility index (Phi) is 4.41. The average Bonchev–Trinajstić information content (AvgIpc) is 2.93. The van der Waals surface area contributed by atoms with Gasteiger partial charge in [-0.15, -0.1) is 0 Å². The van der Waals surface area contributed by atoms with Gasteiger partial charge in [0, 0.05) is 17.6 Å². The van der Waals surface area contributed by atoms with Gasteiger partial charge in [0.1, 0.15) is 0 Å². The molecule has 0 atom stereocenters. The second-order valence-electron chi connectivity index (χ2n) is 6.79. The van der Waals surface area contributed by atoms with E-state index in [1.807, 2.05) is 19.1 Å². The maximum Gasteiger partial charge on any atom is 0.419 e. The van der Waals surface area contributed by atoms with Gasteiger partial charge in [0.25, 0.3) is 0 Å². The fourth-order valence-corrected chi connectivity index (χ4v) is 5.17. The molecule has 6 nitrogen and oxygen atoms in total. The van der Waals surface area contributed by atoms with Crippen LogP contribution in [-0.4, -0.2) is 13.0 Å². The Morgan fingerprint density at radius 1 is 1.19 bits per heavy atom. The summed E-state index contributed by atoms with van der Waals surface area (Å²) in [7, 11) is -3.79. The third-order valence-corrected chi connectivity index (χ3v) is 6.99. The summed E-state index contributed by atoms with van der Waals surface area (Å²) in [6, 6.07) is 11.7. The molecule has 1 saturated carbocycles. The van der Waals surface area contributed by atoms with Crippen LogP contribution in [0.3, 0.4) is 0 Å². The number of sulfonamides is 1. The van der Waals surface area contributed by atoms with E-state index in [1.54, 1.807) is 18.2 Å². The fourth-order valence-electron chi connectivity index (χ4n) is 3.58. The summed E-state index contributed by atoms with van der Waals surface area (Å²) in [5.74, 6) is -0.494. The standard InChI is InChI=1S/C19H19ClN2O4S/c1-2-22-16-9-8-15(12-17(16)26-18(22)23)27(24,25)21-19(10-3-11-19)13-4-6-14(20)7-5-13/h4-9,12,21H,2-3,10-11H2,1H3. The molecule has 1 aliphatic rings. The highest BCUT2D eigenvalue weighted by molar-refractivity contribution is 7.89. The monoisotopic (exact) mass is 406 g/mol. The number of aromatic nitrogens is 1. The van der Waals surface area contributed by atoms with Crippen LogP contribution >= 0.6 is 11.6 Å². The van der Waals surface area contributed by atoms with Crippen molar-refractivity contribution in [3.05, 3.63) is 63.6 Å². The molecule has 142 valence electrons. The highest BCUT2D eigenvalue weighted by atomic mass is 35.5. The Morgan fingerprint density at radius 3 is 2.48 bits per heavy atom. The van der Waals surface area contributed by atoms with Gasteiger partial charge in [-0.1, -0.05) is 23.7 Å². The van der Waals surface area contributed by atoms with Crippen LogP contribution in [0.5, 0.6) is 0 Å². The SMILES string of the molecule is CCn1c(=O)oc2cc(S(=O)(=O)NC3(c4ccc(Cl)cc4)CCC3)ccc21. The average molecular weight is 407 g/mol. The van der Waals surface area contributed by atoms with E-state index >= 15 is 0 Å². The third kappa shape index (κ3) is 3.09. The van der Waals surface area contributed by atoms with Crippen molar-refractivity contribution in [1.29, 1.82) is 0 Å². The minimum atomic E-state index is -3.79. The van der Waals surface area contributed by atoms with E-state index in [4.69, 9.17) is 16.0 Å². The summed E-state index contributed by atoms with van der Waals surface area (Å²) >= 11 is 5.96. The molecule has 1 N–H and O–H groups in total. The van der Waals surface area contributed by atoms with Gasteiger partial charge in [0.05, 0.1) is 16.0 Å². The molecular weight excluding hydrogens is 388 g/mol. The largest absolute Gasteiger partial charge is 0.419 e. The maximum absolute atomic E-state index is 13.0. The quantitative estimate of drug-likeness (QED) is 0.701. The summed E-state index contributed by atoms with van der Waals surface area (Å²) in [6.07, 6.45) is 2.38. The minimum absolute atomic E-state index is 0.0761. The van der Waals surface area contributed by atoms with Crippen LogP contribution in [0.25, 0.3) is 11.1 Å². The van der Waals surface area contributed by atoms with Crippen LogP contribution in [-0.2, 0) is 22.1 Å². The van der Waals surface area contributed by atoms with Crippen LogP contribution in [0.2, 0.25) is 5.02 Å². The number of benzene rings is 2. The number of nitrogens with zero attached hydrogens (tertiary/aromatic N) is 1. The number of rotatable bonds is 5. The van der Waals surface area contributed by atoms with Crippen molar-refractivity contribution >= 4 is 32.7 Å². The van der Waals surface area contributed by atoms with E-state index in [-0.39, 0.29) is 10.5 Å². The number of hydrogen-bond acceptors (Lipinski definition) is 4. The molecule has 8 heteroatoms. The second-order valence-corrected chi connectivity index (χ2v) is 8.91. The first-order chi connectivity index (χ1) is 12.8. The molecule has 27 heavy (non-hydrogen) atoms. The third-order valence-electron chi connectivity index (χ3n) is 5.20. The summed E-state index contributed by atoms with van der Waals surface area (Å²) in [4.78, 5) is 11.9. The predicted octanol–water partition coefficient (Wildman–Crippen LogP) is 3.63. The molecular formula is C19H19ClN2O4S. The van der Waals surface area contributed by atoms with Crippen LogP contribution in [0, 0.1) is 0 Å². The van der Waals surface area contributed by atoms with Crippen molar-refractivity contribution in [3.8, 4) is 0 Å². The lowest BCUT2D eigenvalue weighted by Crippen LogP contribution is -2.50. The molecule has 0 aliphatic heterocycles. The molecule has 4 rings (SSSR count). The lowest BCUT2D eigenvalue weighted by atomic mass is 9.73. The Balaban J connectivity index is 1.71. The molecule has 1 fully saturated rings. The summed E-state index contributed by atoms with van der Waals surface area (Å²) in [6.45, 7) is 2.28. The molecule has 0 spiro atoms. The highest BCUT2D eigenvalue weighted by Crippen LogP contribution is 2.42. The van der Waals surface area contributed by atoms with Gasteiger partial charge in [-0.25, -0.2) is 17.9 Å². The minimum Gasteiger partial charge on any atom is -0.408 e. The normalized spacial score (nSPS) is 16.4. The van der Waals surface area contributed by atoms with Gasteiger partial charge in [-0.2, -0.15) is 0 Å². The molecule has 0 amide bonds. The summed E-state index contributed by atoms with van der Waals surface area (Å²) in [5, 5.41) is 0.608. The van der Waals surface area contributed by atoms with Gasteiger partial charge in [0.2, 0.25) is 10.0 Å². The first-order valence-corrected chi connectivity index (χ1v) is 10.6. The molecule has 1 heterocycles. The molecule has 1 aromatic heterocycles. The Bertz CT molecular complexity index is 1160. The predicted molar refractivity (Wildman–Crippen MR) is 103 cm³/mol. The maximum atomic E-state index is 13.0. The zero-order chi connectivity index (χ0) is 19.2. The topological polar surface area (TPSA) is 81.3 Å². The number of aryl methyl sites for hydroxylation is 1. The number of nitrogens with one attached hydrogen (secondary N) is 1. The van der Waals surface area contributed by atoms with Gasteiger partial charge >= 0.3 is 5.76 Å². The van der Waals surface area contributed by atoms with E-state index in [9.17, 15) is 13.2 Å². The van der Waals surface area contributed by atoms with E-state index in [2.05, 4.69) is 4.72 Å². The van der Waals surface area contributed by atoms with Crippen molar-refractivity contribution < 1.29 is 12.8 Å². The molecule has 1 aliphatic carbocycles. The van der Waals surface area contributed by atoms with Crippen molar-refractivity contribution in [2.75, 3.05) is 0 Å². The van der Waals surface area contributed by atoms with Crippen molar-refractivity contribution in [3.63, 3.8) is 0 Å². The van der Waals surface area contributed by atoms with Crippen molar-refractivity contribution in [2.45, 2.75) is 43.2 Å². The molecule has 0 unspecified atom stereocenters.